The van der Waals surface area contributed by atoms with Crippen LogP contribution in [0.4, 0.5) is 5.69 Å². The highest BCUT2D eigenvalue weighted by atomic mass is 17.2. The van der Waals surface area contributed by atoms with Gasteiger partial charge in [-0.15, -0.1) is 0 Å². The molecule has 24 heavy (non-hydrogen) atoms. The Morgan fingerprint density at radius 1 is 1.04 bits per heavy atom. The molecule has 1 atom stereocenters. The maximum Gasteiger partial charge on any atom is 0.216 e. The third-order valence-corrected chi connectivity index (χ3v) is 3.41. The molecule has 0 amide bonds. The van der Waals surface area contributed by atoms with Crippen LogP contribution in [0.2, 0.25) is 0 Å². The van der Waals surface area contributed by atoms with Crippen molar-refractivity contribution < 1.29 is 20.1 Å². The Bertz CT molecular complexity index is 657. The molecule has 2 aromatic rings. The fraction of sp³-hybridized carbons (Fsp3) is 0.368. The number of aromatic hydroxyl groups is 1. The Morgan fingerprint density at radius 3 is 2.08 bits per heavy atom. The average Bonchev–Trinajstić information content (AvgIpc) is 2.52. The zero-order chi connectivity index (χ0) is 17.9. The van der Waals surface area contributed by atoms with Crippen LogP contribution in [0.1, 0.15) is 43.7 Å². The van der Waals surface area contributed by atoms with Gasteiger partial charge in [0.2, 0.25) is 6.23 Å². The molecule has 0 aliphatic heterocycles. The quantitative estimate of drug-likeness (QED) is 0.494. The van der Waals surface area contributed by atoms with E-state index in [0.29, 0.717) is 22.4 Å². The minimum Gasteiger partial charge on any atom is -0.507 e. The van der Waals surface area contributed by atoms with Crippen molar-refractivity contribution in [1.82, 2.24) is 0 Å². The van der Waals surface area contributed by atoms with E-state index in [9.17, 15) is 10.3 Å². The number of rotatable bonds is 5. The second-order valence-electron chi connectivity index (χ2n) is 6.81. The summed E-state index contributed by atoms with van der Waals surface area (Å²) in [5.41, 5.74) is 1.87. The molecule has 0 aliphatic carbocycles. The van der Waals surface area contributed by atoms with Gasteiger partial charge in [-0.3, -0.25) is 0 Å². The first-order valence-corrected chi connectivity index (χ1v) is 7.85. The third-order valence-electron chi connectivity index (χ3n) is 3.41. The first kappa shape index (κ1) is 18.3. The molecule has 1 radical (unpaired) electrons. The molecule has 0 bridgehead atoms. The van der Waals surface area contributed by atoms with E-state index in [2.05, 4.69) is 0 Å². The molecule has 129 valence electrons. The zero-order valence-corrected chi connectivity index (χ0v) is 14.7. The van der Waals surface area contributed by atoms with Crippen molar-refractivity contribution in [3.8, 4) is 5.75 Å². The molecule has 2 aromatic carbocycles. The summed E-state index contributed by atoms with van der Waals surface area (Å²) in [5, 5.41) is 23.5. The predicted octanol–water partition coefficient (Wildman–Crippen LogP) is 4.61. The van der Waals surface area contributed by atoms with Crippen molar-refractivity contribution in [1.29, 1.82) is 0 Å². The Morgan fingerprint density at radius 2 is 1.58 bits per heavy atom. The van der Waals surface area contributed by atoms with Gasteiger partial charge in [-0.2, -0.15) is 5.06 Å². The number of benzene rings is 2. The number of phenolic OH excluding ortho intramolecular Hbond substituents is 1. The molecule has 0 aliphatic rings. The van der Waals surface area contributed by atoms with Crippen LogP contribution in [0.5, 0.6) is 5.75 Å². The molecule has 5 nitrogen and oxygen atoms in total. The Hall–Kier alpha value is -2.08. The van der Waals surface area contributed by atoms with Crippen molar-refractivity contribution >= 4 is 5.69 Å². The van der Waals surface area contributed by atoms with Crippen LogP contribution >= 0.6 is 0 Å². The van der Waals surface area contributed by atoms with Crippen molar-refractivity contribution in [2.75, 3.05) is 5.06 Å². The van der Waals surface area contributed by atoms with Crippen LogP contribution in [-0.4, -0.2) is 10.7 Å². The Labute approximate surface area is 143 Å². The molecule has 0 aromatic heterocycles. The van der Waals surface area contributed by atoms with Crippen molar-refractivity contribution in [2.45, 2.75) is 46.4 Å². The molecule has 1 N–H and O–H groups in total. The van der Waals surface area contributed by atoms with E-state index < -0.39 is 11.8 Å². The van der Waals surface area contributed by atoms with Crippen LogP contribution in [0, 0.1) is 13.8 Å². The second-order valence-corrected chi connectivity index (χ2v) is 6.81. The number of para-hydroxylation sites is 1. The van der Waals surface area contributed by atoms with Gasteiger partial charge >= 0.3 is 0 Å². The lowest BCUT2D eigenvalue weighted by molar-refractivity contribution is -0.384. The summed E-state index contributed by atoms with van der Waals surface area (Å²) in [6.07, 6.45) is -0.982. The van der Waals surface area contributed by atoms with Gasteiger partial charge in [0.25, 0.3) is 0 Å². The lowest BCUT2D eigenvalue weighted by atomic mass is 10.0. The monoisotopic (exact) mass is 330 g/mol. The largest absolute Gasteiger partial charge is 0.507 e. The van der Waals surface area contributed by atoms with Crippen LogP contribution in [-0.2, 0) is 15.0 Å². The molecular weight excluding hydrogens is 306 g/mol. The molecular formula is C19H24NO4. The molecule has 0 spiro atoms. The minimum atomic E-state index is -0.982. The van der Waals surface area contributed by atoms with Crippen LogP contribution < -0.4 is 5.06 Å². The van der Waals surface area contributed by atoms with Crippen molar-refractivity contribution in [3.05, 3.63) is 59.2 Å². The van der Waals surface area contributed by atoms with E-state index in [0.717, 1.165) is 5.06 Å². The number of hydrogen-bond acceptors (Lipinski definition) is 4. The van der Waals surface area contributed by atoms with Gasteiger partial charge in [0.1, 0.15) is 5.75 Å². The lowest BCUT2D eigenvalue weighted by Gasteiger charge is -2.28. The van der Waals surface area contributed by atoms with Gasteiger partial charge < -0.3 is 5.11 Å². The van der Waals surface area contributed by atoms with Crippen LogP contribution in [0.25, 0.3) is 0 Å². The van der Waals surface area contributed by atoms with E-state index >= 15 is 0 Å². The van der Waals surface area contributed by atoms with Gasteiger partial charge in [-0.25, -0.2) is 9.78 Å². The number of anilines is 1. The van der Waals surface area contributed by atoms with E-state index in [-0.39, 0.29) is 5.75 Å². The summed E-state index contributed by atoms with van der Waals surface area (Å²) in [6, 6.07) is 12.3. The van der Waals surface area contributed by atoms with Crippen LogP contribution in [0.3, 0.4) is 0 Å². The smallest absolute Gasteiger partial charge is 0.216 e. The highest BCUT2D eigenvalue weighted by Crippen LogP contribution is 2.32. The fourth-order valence-electron chi connectivity index (χ4n) is 2.26. The van der Waals surface area contributed by atoms with Gasteiger partial charge in [0.05, 0.1) is 11.3 Å². The average molecular weight is 330 g/mol. The van der Waals surface area contributed by atoms with Gasteiger partial charge in [-0.1, -0.05) is 23.4 Å². The summed E-state index contributed by atoms with van der Waals surface area (Å²) in [4.78, 5) is 10.9. The van der Waals surface area contributed by atoms with E-state index in [1.807, 2.05) is 26.8 Å². The maximum atomic E-state index is 12.8. The van der Waals surface area contributed by atoms with Crippen molar-refractivity contribution in [2.24, 2.45) is 0 Å². The first-order valence-electron chi connectivity index (χ1n) is 7.85. The summed E-state index contributed by atoms with van der Waals surface area (Å²) in [6.45, 7) is 9.09. The molecule has 0 saturated carbocycles. The number of nitrogens with zero attached hydrogens (tertiary/aromatic N) is 1. The normalized spacial score (nSPS) is 12.9. The number of hydrogen-bond donors (Lipinski definition) is 1. The predicted molar refractivity (Wildman–Crippen MR) is 91.9 cm³/mol. The zero-order valence-electron chi connectivity index (χ0n) is 14.7. The summed E-state index contributed by atoms with van der Waals surface area (Å²) in [7, 11) is 0. The summed E-state index contributed by atoms with van der Waals surface area (Å²) in [5.74, 6) is 0.214. The van der Waals surface area contributed by atoms with Gasteiger partial charge in [-0.05, 0) is 70.0 Å². The second kappa shape index (κ2) is 7.21. The van der Waals surface area contributed by atoms with E-state index in [1.54, 1.807) is 50.2 Å². The Balaban J connectivity index is 2.39. The highest BCUT2D eigenvalue weighted by molar-refractivity contribution is 5.48. The number of aryl methyl sites for hydroxylation is 2. The summed E-state index contributed by atoms with van der Waals surface area (Å²) < 4.78 is 0. The van der Waals surface area contributed by atoms with Crippen LogP contribution in [0.15, 0.2) is 42.5 Å². The minimum absolute atomic E-state index is 0.214. The molecule has 0 fully saturated rings. The van der Waals surface area contributed by atoms with E-state index in [4.69, 9.17) is 9.78 Å². The molecule has 0 heterocycles. The number of hydroxylamine groups is 1. The molecule has 0 saturated heterocycles. The fourth-order valence-corrected chi connectivity index (χ4v) is 2.26. The maximum absolute atomic E-state index is 12.8. The standard InChI is InChI=1S/C19H24NO4/c1-13-11-15(12-14(2)17(13)21)18(23-24-19(3,4)5)20(22)16-9-7-6-8-10-16/h6-12,18,21H,1-5H3. The molecule has 5 heteroatoms. The van der Waals surface area contributed by atoms with E-state index in [1.165, 1.54) is 0 Å². The summed E-state index contributed by atoms with van der Waals surface area (Å²) >= 11 is 0. The van der Waals surface area contributed by atoms with Gasteiger partial charge in [0.15, 0.2) is 0 Å². The number of phenols is 1. The Kier molecular flexibility index (Phi) is 5.49. The highest BCUT2D eigenvalue weighted by Gasteiger charge is 2.26. The molecule has 1 unspecified atom stereocenters. The lowest BCUT2D eigenvalue weighted by Crippen LogP contribution is -2.30. The molecule has 2 rings (SSSR count). The topological polar surface area (TPSA) is 61.8 Å². The van der Waals surface area contributed by atoms with Gasteiger partial charge in [0, 0.05) is 5.56 Å². The first-order chi connectivity index (χ1) is 11.2. The third kappa shape index (κ3) is 4.47. The van der Waals surface area contributed by atoms with Crippen molar-refractivity contribution in [3.63, 3.8) is 0 Å². The SMILES string of the molecule is Cc1cc(C(OOC(C)(C)C)N([O])c2ccccc2)cc(C)c1O.